The van der Waals surface area contributed by atoms with Crippen LogP contribution >= 0.6 is 0 Å². The first-order chi connectivity index (χ1) is 15.0. The third-order valence-corrected chi connectivity index (χ3v) is 6.51. The van der Waals surface area contributed by atoms with Crippen molar-refractivity contribution < 1.29 is 30.8 Å². The Kier molecular flexibility index (Phi) is 6.89. The fraction of sp³-hybridized carbons (Fsp3) is 0.333. The average molecular weight is 469 g/mol. The summed E-state index contributed by atoms with van der Waals surface area (Å²) in [6, 6.07) is 9.80. The Morgan fingerprint density at radius 3 is 2.41 bits per heavy atom. The molecule has 3 rings (SSSR count). The van der Waals surface area contributed by atoms with Gasteiger partial charge in [0.2, 0.25) is 10.0 Å². The molecular weight excluding hydrogens is 447 g/mol. The van der Waals surface area contributed by atoms with Crippen LogP contribution < -0.4 is 4.74 Å². The van der Waals surface area contributed by atoms with Crippen LogP contribution in [0.1, 0.15) is 28.4 Å². The molecule has 0 spiro atoms. The second-order valence-corrected chi connectivity index (χ2v) is 9.30. The van der Waals surface area contributed by atoms with Gasteiger partial charge in [-0.3, -0.25) is 0 Å². The van der Waals surface area contributed by atoms with Crippen molar-refractivity contribution in [3.05, 3.63) is 70.9 Å². The van der Waals surface area contributed by atoms with Gasteiger partial charge in [-0.05, 0) is 49.2 Å². The number of nitrogens with zero attached hydrogens (tertiary/aromatic N) is 3. The molecule has 0 N–H and O–H groups in total. The fourth-order valence-electron chi connectivity index (χ4n) is 3.08. The summed E-state index contributed by atoms with van der Waals surface area (Å²) in [7, 11) is -3.17. The van der Waals surface area contributed by atoms with Gasteiger partial charge in [0, 0.05) is 20.0 Å². The fourth-order valence-corrected chi connectivity index (χ4v) is 4.46. The number of aryl methyl sites for hydroxylation is 2. The van der Waals surface area contributed by atoms with E-state index in [0.29, 0.717) is 5.75 Å². The number of rotatable bonds is 8. The van der Waals surface area contributed by atoms with Gasteiger partial charge in [-0.15, -0.1) is 0 Å². The zero-order valence-electron chi connectivity index (χ0n) is 17.7. The summed E-state index contributed by atoms with van der Waals surface area (Å²) in [6.45, 7) is 3.79. The maximum Gasteiger partial charge on any atom is 0.417 e. The molecule has 0 aliphatic carbocycles. The van der Waals surface area contributed by atoms with Crippen LogP contribution in [0.4, 0.5) is 13.2 Å². The molecule has 2 aromatic carbocycles. The van der Waals surface area contributed by atoms with E-state index in [2.05, 4.69) is 10.1 Å². The Bertz CT molecular complexity index is 1170. The molecule has 7 nitrogen and oxygen atoms in total. The van der Waals surface area contributed by atoms with Gasteiger partial charge in [0.1, 0.15) is 5.75 Å². The number of hydrogen-bond donors (Lipinski definition) is 0. The lowest BCUT2D eigenvalue weighted by Gasteiger charge is -2.19. The van der Waals surface area contributed by atoms with Crippen LogP contribution in [0.2, 0.25) is 0 Å². The summed E-state index contributed by atoms with van der Waals surface area (Å²) in [5, 5.41) is 3.78. The summed E-state index contributed by atoms with van der Waals surface area (Å²) in [5.74, 6) is 1.07. The van der Waals surface area contributed by atoms with Crippen molar-refractivity contribution in [1.82, 2.24) is 14.4 Å². The highest BCUT2D eigenvalue weighted by molar-refractivity contribution is 7.89. The highest BCUT2D eigenvalue weighted by Crippen LogP contribution is 2.34. The summed E-state index contributed by atoms with van der Waals surface area (Å²) >= 11 is 0. The van der Waals surface area contributed by atoms with E-state index < -0.39 is 26.7 Å². The van der Waals surface area contributed by atoms with Gasteiger partial charge in [-0.25, -0.2) is 12.7 Å². The molecule has 1 heterocycles. The number of hydrogen-bond acceptors (Lipinski definition) is 6. The van der Waals surface area contributed by atoms with Crippen LogP contribution in [0.25, 0.3) is 0 Å². The smallest absolute Gasteiger partial charge is 0.417 e. The highest BCUT2D eigenvalue weighted by Gasteiger charge is 2.38. The third-order valence-electron chi connectivity index (χ3n) is 4.60. The van der Waals surface area contributed by atoms with Gasteiger partial charge in [0.05, 0.1) is 10.5 Å². The lowest BCUT2D eigenvalue weighted by atomic mass is 10.1. The van der Waals surface area contributed by atoms with Crippen LogP contribution in [0.3, 0.4) is 0 Å². The zero-order chi connectivity index (χ0) is 23.5. The van der Waals surface area contributed by atoms with Crippen LogP contribution in [0.5, 0.6) is 5.75 Å². The van der Waals surface area contributed by atoms with Crippen LogP contribution in [-0.4, -0.2) is 36.5 Å². The maximum atomic E-state index is 13.2. The summed E-state index contributed by atoms with van der Waals surface area (Å²) in [6.07, 6.45) is -4.74. The molecule has 11 heteroatoms. The molecule has 0 aliphatic heterocycles. The number of halogens is 3. The Hall–Kier alpha value is -2.92. The standard InChI is InChI=1S/C21H22F3N3O4S/c1-14-10-15(2)12-16(11-14)30-13-20-25-19(26-31-20)8-9-27(3)32(28,29)18-7-5-4-6-17(18)21(22,23)24/h4-7,10-12H,8-9,13H2,1-3H3. The van der Waals surface area contributed by atoms with Gasteiger partial charge in [-0.2, -0.15) is 18.2 Å². The predicted molar refractivity (Wildman–Crippen MR) is 110 cm³/mol. The second-order valence-electron chi connectivity index (χ2n) is 7.29. The van der Waals surface area contributed by atoms with Gasteiger partial charge in [0.15, 0.2) is 12.4 Å². The maximum absolute atomic E-state index is 13.2. The SMILES string of the molecule is Cc1cc(C)cc(OCc2nc(CCN(C)S(=O)(=O)c3ccccc3C(F)(F)F)no2)c1. The second kappa shape index (κ2) is 9.29. The molecule has 0 saturated carbocycles. The molecule has 1 aromatic heterocycles. The predicted octanol–water partition coefficient (Wildman–Crippen LogP) is 4.15. The molecule has 0 unspecified atom stereocenters. The molecular formula is C21H22F3N3O4S. The molecule has 0 atom stereocenters. The lowest BCUT2D eigenvalue weighted by Crippen LogP contribution is -2.31. The van der Waals surface area contributed by atoms with Crippen LogP contribution in [0.15, 0.2) is 51.9 Å². The number of sulfonamides is 1. The Morgan fingerprint density at radius 1 is 1.09 bits per heavy atom. The Balaban J connectivity index is 1.63. The first-order valence-electron chi connectivity index (χ1n) is 9.62. The molecule has 0 bridgehead atoms. The number of alkyl halides is 3. The number of benzene rings is 2. The van der Waals surface area contributed by atoms with E-state index >= 15 is 0 Å². The monoisotopic (exact) mass is 469 g/mol. The molecule has 0 saturated heterocycles. The van der Waals surface area contributed by atoms with Crippen LogP contribution in [-0.2, 0) is 29.2 Å². The van der Waals surface area contributed by atoms with E-state index in [1.54, 1.807) is 0 Å². The van der Waals surface area contributed by atoms with Gasteiger partial charge >= 0.3 is 6.18 Å². The quantitative estimate of drug-likeness (QED) is 0.493. The van der Waals surface area contributed by atoms with E-state index in [-0.39, 0.29) is 31.3 Å². The van der Waals surface area contributed by atoms with Crippen molar-refractivity contribution in [3.63, 3.8) is 0 Å². The third kappa shape index (κ3) is 5.65. The van der Waals surface area contributed by atoms with Crippen LogP contribution in [0, 0.1) is 13.8 Å². The number of aromatic nitrogens is 2. The number of likely N-dealkylation sites (N-methyl/N-ethyl adjacent to an activating group) is 1. The lowest BCUT2D eigenvalue weighted by molar-refractivity contribution is -0.139. The van der Waals surface area contributed by atoms with Gasteiger partial charge in [0.25, 0.3) is 5.89 Å². The summed E-state index contributed by atoms with van der Waals surface area (Å²) in [4.78, 5) is 3.35. The minimum Gasteiger partial charge on any atom is -0.484 e. The van der Waals surface area contributed by atoms with Gasteiger partial charge < -0.3 is 9.26 Å². The molecule has 0 radical (unpaired) electrons. The number of ether oxygens (including phenoxy) is 1. The largest absolute Gasteiger partial charge is 0.484 e. The van der Waals surface area contributed by atoms with Gasteiger partial charge in [-0.1, -0.05) is 23.4 Å². The van der Waals surface area contributed by atoms with Crippen molar-refractivity contribution in [2.45, 2.75) is 37.9 Å². The average Bonchev–Trinajstić information content (AvgIpc) is 3.17. The van der Waals surface area contributed by atoms with E-state index in [4.69, 9.17) is 9.26 Å². The van der Waals surface area contributed by atoms with Crippen molar-refractivity contribution in [2.24, 2.45) is 0 Å². The zero-order valence-corrected chi connectivity index (χ0v) is 18.5. The highest BCUT2D eigenvalue weighted by atomic mass is 32.2. The van der Waals surface area contributed by atoms with Crippen molar-refractivity contribution in [1.29, 1.82) is 0 Å². The van der Waals surface area contributed by atoms with Crippen molar-refractivity contribution in [2.75, 3.05) is 13.6 Å². The Morgan fingerprint density at radius 2 is 1.75 bits per heavy atom. The normalized spacial score (nSPS) is 12.3. The molecule has 0 aliphatic rings. The molecule has 32 heavy (non-hydrogen) atoms. The molecule has 3 aromatic rings. The molecule has 0 fully saturated rings. The summed E-state index contributed by atoms with van der Waals surface area (Å²) in [5.41, 5.74) is 0.877. The topological polar surface area (TPSA) is 85.5 Å². The summed E-state index contributed by atoms with van der Waals surface area (Å²) < 4.78 is 76.6. The first-order valence-corrected chi connectivity index (χ1v) is 11.1. The minimum absolute atomic E-state index is 0.0307. The van der Waals surface area contributed by atoms with E-state index in [1.165, 1.54) is 13.1 Å². The van der Waals surface area contributed by atoms with Crippen molar-refractivity contribution >= 4 is 10.0 Å². The molecule has 0 amide bonds. The van der Waals surface area contributed by atoms with E-state index in [0.717, 1.165) is 33.6 Å². The Labute approximate surface area is 183 Å². The molecule has 172 valence electrons. The van der Waals surface area contributed by atoms with E-state index in [1.807, 2.05) is 32.0 Å². The van der Waals surface area contributed by atoms with Crippen molar-refractivity contribution in [3.8, 4) is 5.75 Å². The minimum atomic E-state index is -4.79. The first kappa shape index (κ1) is 23.7. The van der Waals surface area contributed by atoms with E-state index in [9.17, 15) is 21.6 Å².